The molecule has 0 radical (unpaired) electrons. The Morgan fingerprint density at radius 1 is 1.12 bits per heavy atom. The van der Waals surface area contributed by atoms with Crippen LogP contribution in [0.3, 0.4) is 0 Å². The zero-order valence-electron chi connectivity index (χ0n) is 14.1. The largest absolute Gasteiger partial charge is 0.443 e. The summed E-state index contributed by atoms with van der Waals surface area (Å²) in [6.07, 6.45) is 3.89. The SMILES string of the molecule is CC(C)(C)OC(=O)n1cc(C(=O)c2ccc(F)cc2)c2ccncc21. The summed E-state index contributed by atoms with van der Waals surface area (Å²) in [4.78, 5) is 29.2. The fourth-order valence-corrected chi connectivity index (χ4v) is 2.47. The van der Waals surface area contributed by atoms with Crippen LogP contribution in [0.5, 0.6) is 0 Å². The minimum atomic E-state index is -0.670. The van der Waals surface area contributed by atoms with E-state index in [1.807, 2.05) is 0 Å². The number of ether oxygens (including phenoxy) is 1. The maximum Gasteiger partial charge on any atom is 0.419 e. The summed E-state index contributed by atoms with van der Waals surface area (Å²) in [5.74, 6) is -0.726. The van der Waals surface area contributed by atoms with Gasteiger partial charge in [-0.15, -0.1) is 0 Å². The first-order valence-electron chi connectivity index (χ1n) is 7.75. The molecule has 0 saturated heterocycles. The number of carbonyl (C=O) groups is 2. The lowest BCUT2D eigenvalue weighted by atomic mass is 10.0. The number of fused-ring (bicyclic) bond motifs is 1. The average Bonchev–Trinajstić information content (AvgIpc) is 2.93. The van der Waals surface area contributed by atoms with Gasteiger partial charge in [0.1, 0.15) is 11.4 Å². The minimum Gasteiger partial charge on any atom is -0.443 e. The highest BCUT2D eigenvalue weighted by molar-refractivity contribution is 6.17. The molecule has 0 unspecified atom stereocenters. The van der Waals surface area contributed by atoms with Crippen LogP contribution in [-0.4, -0.2) is 27.0 Å². The van der Waals surface area contributed by atoms with Crippen molar-refractivity contribution in [3.8, 4) is 0 Å². The van der Waals surface area contributed by atoms with Crippen LogP contribution < -0.4 is 0 Å². The summed E-state index contributed by atoms with van der Waals surface area (Å²) in [6.45, 7) is 5.29. The van der Waals surface area contributed by atoms with E-state index in [1.165, 1.54) is 41.2 Å². The maximum atomic E-state index is 13.1. The van der Waals surface area contributed by atoms with E-state index >= 15 is 0 Å². The van der Waals surface area contributed by atoms with Crippen LogP contribution in [0.1, 0.15) is 36.7 Å². The molecule has 3 rings (SSSR count). The Bertz CT molecular complexity index is 953. The van der Waals surface area contributed by atoms with Crippen LogP contribution in [0, 0.1) is 5.82 Å². The predicted molar refractivity (Wildman–Crippen MR) is 91.2 cm³/mol. The summed E-state index contributed by atoms with van der Waals surface area (Å²) < 4.78 is 19.7. The fraction of sp³-hybridized carbons (Fsp3) is 0.211. The summed E-state index contributed by atoms with van der Waals surface area (Å²) in [5, 5.41) is 0.579. The zero-order chi connectivity index (χ0) is 18.2. The Morgan fingerprint density at radius 2 is 1.80 bits per heavy atom. The van der Waals surface area contributed by atoms with Crippen molar-refractivity contribution in [1.29, 1.82) is 0 Å². The van der Waals surface area contributed by atoms with Crippen molar-refractivity contribution < 1.29 is 18.7 Å². The van der Waals surface area contributed by atoms with Crippen molar-refractivity contribution in [2.75, 3.05) is 0 Å². The second kappa shape index (κ2) is 6.12. The highest BCUT2D eigenvalue weighted by Gasteiger charge is 2.23. The third-order valence-corrected chi connectivity index (χ3v) is 3.55. The monoisotopic (exact) mass is 340 g/mol. The lowest BCUT2D eigenvalue weighted by molar-refractivity contribution is 0.0544. The van der Waals surface area contributed by atoms with Gasteiger partial charge < -0.3 is 4.74 Å². The molecule has 0 aliphatic carbocycles. The van der Waals surface area contributed by atoms with E-state index < -0.39 is 17.5 Å². The normalized spacial score (nSPS) is 11.5. The molecule has 128 valence electrons. The third kappa shape index (κ3) is 3.42. The van der Waals surface area contributed by atoms with Gasteiger partial charge in [-0.3, -0.25) is 14.3 Å². The van der Waals surface area contributed by atoms with E-state index in [9.17, 15) is 14.0 Å². The summed E-state index contributed by atoms with van der Waals surface area (Å²) in [6, 6.07) is 6.93. The highest BCUT2D eigenvalue weighted by Crippen LogP contribution is 2.24. The van der Waals surface area contributed by atoms with Crippen molar-refractivity contribution in [2.24, 2.45) is 0 Å². The molecule has 0 aliphatic rings. The number of pyridine rings is 1. The number of halogens is 1. The zero-order valence-corrected chi connectivity index (χ0v) is 14.1. The molecule has 6 heteroatoms. The van der Waals surface area contributed by atoms with Crippen molar-refractivity contribution >= 4 is 22.8 Å². The van der Waals surface area contributed by atoms with Gasteiger partial charge in [0.15, 0.2) is 5.78 Å². The van der Waals surface area contributed by atoms with Gasteiger partial charge in [-0.25, -0.2) is 9.18 Å². The maximum absolute atomic E-state index is 13.1. The Hall–Kier alpha value is -3.02. The Morgan fingerprint density at radius 3 is 2.44 bits per heavy atom. The van der Waals surface area contributed by atoms with E-state index in [2.05, 4.69) is 4.98 Å². The lowest BCUT2D eigenvalue weighted by Crippen LogP contribution is -2.26. The van der Waals surface area contributed by atoms with Gasteiger partial charge in [-0.05, 0) is 51.1 Å². The lowest BCUT2D eigenvalue weighted by Gasteiger charge is -2.19. The van der Waals surface area contributed by atoms with E-state index in [1.54, 1.807) is 33.0 Å². The van der Waals surface area contributed by atoms with Gasteiger partial charge in [0, 0.05) is 28.9 Å². The standard InChI is InChI=1S/C19H17FN2O3/c1-19(2,3)25-18(24)22-11-15(14-8-9-21-10-16(14)22)17(23)12-4-6-13(20)7-5-12/h4-11H,1-3H3. The van der Waals surface area contributed by atoms with E-state index in [-0.39, 0.29) is 5.78 Å². The second-order valence-corrected chi connectivity index (χ2v) is 6.62. The van der Waals surface area contributed by atoms with Gasteiger partial charge in [-0.1, -0.05) is 0 Å². The van der Waals surface area contributed by atoms with Crippen molar-refractivity contribution in [1.82, 2.24) is 9.55 Å². The molecule has 5 nitrogen and oxygen atoms in total. The first-order chi connectivity index (χ1) is 11.8. The molecule has 0 aliphatic heterocycles. The van der Waals surface area contributed by atoms with E-state index in [0.717, 1.165) is 0 Å². The van der Waals surface area contributed by atoms with Crippen LogP contribution in [0.4, 0.5) is 9.18 Å². The number of benzene rings is 1. The first-order valence-corrected chi connectivity index (χ1v) is 7.75. The molecule has 25 heavy (non-hydrogen) atoms. The number of nitrogens with zero attached hydrogens (tertiary/aromatic N) is 2. The molecule has 0 saturated carbocycles. The first kappa shape index (κ1) is 16.8. The molecule has 2 heterocycles. The van der Waals surface area contributed by atoms with Crippen LogP contribution in [-0.2, 0) is 4.74 Å². The third-order valence-electron chi connectivity index (χ3n) is 3.55. The minimum absolute atomic E-state index is 0.307. The summed E-state index contributed by atoms with van der Waals surface area (Å²) in [7, 11) is 0. The van der Waals surface area contributed by atoms with Gasteiger partial charge >= 0.3 is 6.09 Å². The number of rotatable bonds is 2. The van der Waals surface area contributed by atoms with E-state index in [4.69, 9.17) is 4.74 Å². The highest BCUT2D eigenvalue weighted by atomic mass is 19.1. The van der Waals surface area contributed by atoms with Crippen molar-refractivity contribution in [3.63, 3.8) is 0 Å². The average molecular weight is 340 g/mol. The molecule has 1 aromatic carbocycles. The number of hydrogen-bond acceptors (Lipinski definition) is 4. The molecule has 2 aromatic heterocycles. The van der Waals surface area contributed by atoms with Crippen molar-refractivity contribution in [3.05, 3.63) is 65.9 Å². The van der Waals surface area contributed by atoms with Crippen LogP contribution in [0.25, 0.3) is 10.9 Å². The molecule has 0 bridgehead atoms. The molecular weight excluding hydrogens is 323 g/mol. The molecule has 0 spiro atoms. The van der Waals surface area contributed by atoms with Gasteiger partial charge in [0.25, 0.3) is 0 Å². The van der Waals surface area contributed by atoms with Crippen molar-refractivity contribution in [2.45, 2.75) is 26.4 Å². The van der Waals surface area contributed by atoms with Crippen LogP contribution >= 0.6 is 0 Å². The quantitative estimate of drug-likeness (QED) is 0.656. The fourth-order valence-electron chi connectivity index (χ4n) is 2.47. The van der Waals surface area contributed by atoms with Crippen LogP contribution in [0.2, 0.25) is 0 Å². The van der Waals surface area contributed by atoms with Crippen LogP contribution in [0.15, 0.2) is 48.9 Å². The number of ketones is 1. The van der Waals surface area contributed by atoms with E-state index in [0.29, 0.717) is 22.0 Å². The number of carbonyl (C=O) groups excluding carboxylic acids is 2. The topological polar surface area (TPSA) is 61.2 Å². The molecule has 0 atom stereocenters. The van der Waals surface area contributed by atoms with Gasteiger partial charge in [0.2, 0.25) is 0 Å². The van der Waals surface area contributed by atoms with Gasteiger partial charge in [0.05, 0.1) is 11.7 Å². The molecule has 0 N–H and O–H groups in total. The molecular formula is C19H17FN2O3. The Kier molecular flexibility index (Phi) is 4.12. The molecule has 3 aromatic rings. The Labute approximate surface area is 144 Å². The smallest absolute Gasteiger partial charge is 0.419 e. The predicted octanol–water partition coefficient (Wildman–Crippen LogP) is 4.19. The number of hydrogen-bond donors (Lipinski definition) is 0. The molecule has 0 amide bonds. The number of aromatic nitrogens is 2. The Balaban J connectivity index is 2.09. The second-order valence-electron chi connectivity index (χ2n) is 6.62. The summed E-state index contributed by atoms with van der Waals surface area (Å²) >= 11 is 0. The molecule has 0 fully saturated rings. The van der Waals surface area contributed by atoms with Gasteiger partial charge in [-0.2, -0.15) is 0 Å². The summed E-state index contributed by atoms with van der Waals surface area (Å²) in [5.41, 5.74) is 0.468.